The molecule has 1 N–H and O–H groups in total. The molecule has 2 heterocycles. The molecule has 0 radical (unpaired) electrons. The van der Waals surface area contributed by atoms with Gasteiger partial charge in [-0.15, -0.1) is 0 Å². The number of rotatable bonds is 7. The Hall–Kier alpha value is -2.51. The summed E-state index contributed by atoms with van der Waals surface area (Å²) in [6, 6.07) is 11.0. The molecule has 0 atom stereocenters. The molecule has 0 saturated heterocycles. The van der Waals surface area contributed by atoms with Crippen LogP contribution in [0.2, 0.25) is 0 Å². The van der Waals surface area contributed by atoms with Gasteiger partial charge in [-0.2, -0.15) is 0 Å². The summed E-state index contributed by atoms with van der Waals surface area (Å²) in [6.07, 6.45) is 3.28. The molecule has 25 heavy (non-hydrogen) atoms. The number of carbonyl (C=O) groups excluding carboxylic acids is 1. The van der Waals surface area contributed by atoms with Gasteiger partial charge >= 0.3 is 5.97 Å². The van der Waals surface area contributed by atoms with Crippen LogP contribution in [0.1, 0.15) is 27.4 Å². The molecule has 1 aromatic carbocycles. The van der Waals surface area contributed by atoms with Gasteiger partial charge in [0.15, 0.2) is 5.16 Å². The third-order valence-corrected chi connectivity index (χ3v) is 4.74. The Kier molecular flexibility index (Phi) is 5.57. The van der Waals surface area contributed by atoms with Crippen molar-refractivity contribution in [2.75, 3.05) is 7.11 Å². The average Bonchev–Trinajstić information content (AvgIpc) is 3.29. The highest BCUT2D eigenvalue weighted by Gasteiger charge is 2.13. The molecule has 0 amide bonds. The van der Waals surface area contributed by atoms with Crippen LogP contribution < -0.4 is 0 Å². The SMILES string of the molecule is COC(=O)c1cccc(CSc2ncc(CO)n2Cc2ccco2)c1. The van der Waals surface area contributed by atoms with E-state index in [1.807, 2.05) is 34.9 Å². The van der Waals surface area contributed by atoms with Crippen molar-refractivity contribution in [3.8, 4) is 0 Å². The fraction of sp³-hybridized carbons (Fsp3) is 0.222. The predicted molar refractivity (Wildman–Crippen MR) is 93.3 cm³/mol. The normalized spacial score (nSPS) is 10.8. The van der Waals surface area contributed by atoms with E-state index in [4.69, 9.17) is 9.15 Å². The van der Waals surface area contributed by atoms with Crippen molar-refractivity contribution in [2.24, 2.45) is 0 Å². The minimum atomic E-state index is -0.353. The summed E-state index contributed by atoms with van der Waals surface area (Å²) in [4.78, 5) is 16.0. The Bertz CT molecular complexity index is 843. The summed E-state index contributed by atoms with van der Waals surface area (Å²) < 4.78 is 12.1. The molecule has 6 nitrogen and oxygen atoms in total. The Morgan fingerprint density at radius 3 is 2.96 bits per heavy atom. The second kappa shape index (κ2) is 8.04. The van der Waals surface area contributed by atoms with E-state index in [9.17, 15) is 9.90 Å². The van der Waals surface area contributed by atoms with Crippen LogP contribution in [-0.2, 0) is 23.6 Å². The van der Waals surface area contributed by atoms with Gasteiger partial charge in [0.05, 0.1) is 44.0 Å². The van der Waals surface area contributed by atoms with E-state index in [2.05, 4.69) is 4.98 Å². The van der Waals surface area contributed by atoms with Gasteiger partial charge in [-0.25, -0.2) is 9.78 Å². The van der Waals surface area contributed by atoms with Gasteiger partial charge in [0, 0.05) is 5.75 Å². The molecule has 3 rings (SSSR count). The Balaban J connectivity index is 1.75. The van der Waals surface area contributed by atoms with Crippen molar-refractivity contribution in [1.82, 2.24) is 9.55 Å². The van der Waals surface area contributed by atoms with E-state index in [-0.39, 0.29) is 12.6 Å². The first-order valence-corrected chi connectivity index (χ1v) is 8.67. The molecule has 0 fully saturated rings. The Morgan fingerprint density at radius 1 is 1.36 bits per heavy atom. The monoisotopic (exact) mass is 358 g/mol. The zero-order valence-electron chi connectivity index (χ0n) is 13.7. The van der Waals surface area contributed by atoms with Gasteiger partial charge in [-0.05, 0) is 29.8 Å². The van der Waals surface area contributed by atoms with Crippen molar-refractivity contribution < 1.29 is 19.1 Å². The summed E-state index contributed by atoms with van der Waals surface area (Å²) >= 11 is 1.53. The van der Waals surface area contributed by atoms with Crippen molar-refractivity contribution in [3.05, 3.63) is 71.4 Å². The summed E-state index contributed by atoms with van der Waals surface area (Å²) in [5.41, 5.74) is 2.24. The number of thioether (sulfide) groups is 1. The largest absolute Gasteiger partial charge is 0.467 e. The maximum Gasteiger partial charge on any atom is 0.337 e. The van der Waals surface area contributed by atoms with Crippen LogP contribution in [0.4, 0.5) is 0 Å². The molecular formula is C18H18N2O4S. The number of esters is 1. The van der Waals surface area contributed by atoms with Gasteiger partial charge in [-0.3, -0.25) is 0 Å². The number of ether oxygens (including phenoxy) is 1. The molecule has 7 heteroatoms. The van der Waals surface area contributed by atoms with Crippen molar-refractivity contribution in [2.45, 2.75) is 24.1 Å². The Labute approximate surface area is 149 Å². The third kappa shape index (κ3) is 4.12. The highest BCUT2D eigenvalue weighted by Crippen LogP contribution is 2.24. The van der Waals surface area contributed by atoms with Gasteiger partial charge in [0.2, 0.25) is 0 Å². The van der Waals surface area contributed by atoms with Gasteiger partial charge in [-0.1, -0.05) is 23.9 Å². The number of carbonyl (C=O) groups is 1. The van der Waals surface area contributed by atoms with Gasteiger partial charge in [0.1, 0.15) is 5.76 Å². The van der Waals surface area contributed by atoms with Crippen LogP contribution in [0.3, 0.4) is 0 Å². The second-order valence-corrected chi connectivity index (χ2v) is 6.28. The lowest BCUT2D eigenvalue weighted by molar-refractivity contribution is 0.0600. The Morgan fingerprint density at radius 2 is 2.24 bits per heavy atom. The van der Waals surface area contributed by atoms with Crippen LogP contribution in [0.5, 0.6) is 0 Å². The molecule has 0 saturated carbocycles. The number of nitrogens with zero attached hydrogens (tertiary/aromatic N) is 2. The van der Waals surface area contributed by atoms with E-state index < -0.39 is 0 Å². The quantitative estimate of drug-likeness (QED) is 0.517. The average molecular weight is 358 g/mol. The van der Waals surface area contributed by atoms with Crippen LogP contribution in [-0.4, -0.2) is 27.7 Å². The minimum absolute atomic E-state index is 0.0912. The third-order valence-electron chi connectivity index (χ3n) is 3.67. The number of hydrogen-bond donors (Lipinski definition) is 1. The molecule has 0 unspecified atom stereocenters. The van der Waals surface area contributed by atoms with Crippen LogP contribution in [0.25, 0.3) is 0 Å². The molecule has 0 aliphatic carbocycles. The predicted octanol–water partition coefficient (Wildman–Crippen LogP) is 3.10. The number of hydrogen-bond acceptors (Lipinski definition) is 6. The van der Waals surface area contributed by atoms with E-state index in [0.29, 0.717) is 17.9 Å². The number of methoxy groups -OCH3 is 1. The fourth-order valence-electron chi connectivity index (χ4n) is 2.41. The summed E-state index contributed by atoms with van der Waals surface area (Å²) in [5, 5.41) is 10.3. The number of aliphatic hydroxyl groups is 1. The number of benzene rings is 1. The van der Waals surface area contributed by atoms with Crippen LogP contribution in [0, 0.1) is 0 Å². The lowest BCUT2D eigenvalue weighted by atomic mass is 10.1. The molecule has 3 aromatic rings. The first kappa shape index (κ1) is 17.3. The molecule has 0 aliphatic rings. The smallest absolute Gasteiger partial charge is 0.337 e. The standard InChI is InChI=1S/C18H18N2O4S/c1-23-17(22)14-5-2-4-13(8-14)12-25-18-19-9-15(11-21)20(18)10-16-6-3-7-24-16/h2-9,21H,10-12H2,1H3. The second-order valence-electron chi connectivity index (χ2n) is 5.34. The summed E-state index contributed by atoms with van der Waals surface area (Å²) in [7, 11) is 1.37. The zero-order chi connectivity index (χ0) is 17.6. The molecular weight excluding hydrogens is 340 g/mol. The first-order valence-electron chi connectivity index (χ1n) is 7.69. The molecule has 0 aliphatic heterocycles. The lowest BCUT2D eigenvalue weighted by Gasteiger charge is -2.09. The fourth-order valence-corrected chi connectivity index (χ4v) is 3.35. The van der Waals surface area contributed by atoms with Crippen molar-refractivity contribution in [3.63, 3.8) is 0 Å². The number of imidazole rings is 1. The van der Waals surface area contributed by atoms with E-state index in [1.54, 1.807) is 18.5 Å². The maximum atomic E-state index is 11.6. The lowest BCUT2D eigenvalue weighted by Crippen LogP contribution is -2.05. The number of furan rings is 1. The van der Waals surface area contributed by atoms with Crippen molar-refractivity contribution in [1.29, 1.82) is 0 Å². The minimum Gasteiger partial charge on any atom is -0.467 e. The van der Waals surface area contributed by atoms with Gasteiger partial charge in [0.25, 0.3) is 0 Å². The van der Waals surface area contributed by atoms with Crippen LogP contribution in [0.15, 0.2) is 58.4 Å². The summed E-state index contributed by atoms with van der Waals surface area (Å²) in [5.74, 6) is 1.08. The molecule has 0 bridgehead atoms. The molecule has 2 aromatic heterocycles. The highest BCUT2D eigenvalue weighted by molar-refractivity contribution is 7.98. The zero-order valence-corrected chi connectivity index (χ0v) is 14.5. The summed E-state index contributed by atoms with van der Waals surface area (Å²) in [6.45, 7) is 0.416. The molecule has 0 spiro atoms. The van der Waals surface area contributed by atoms with Gasteiger partial charge < -0.3 is 18.8 Å². The van der Waals surface area contributed by atoms with E-state index in [0.717, 1.165) is 22.2 Å². The number of aliphatic hydroxyl groups excluding tert-OH is 1. The first-order chi connectivity index (χ1) is 12.2. The number of aromatic nitrogens is 2. The van der Waals surface area contributed by atoms with Crippen LogP contribution >= 0.6 is 11.8 Å². The van der Waals surface area contributed by atoms with E-state index >= 15 is 0 Å². The molecule has 130 valence electrons. The van der Waals surface area contributed by atoms with Crippen molar-refractivity contribution >= 4 is 17.7 Å². The maximum absolute atomic E-state index is 11.6. The van der Waals surface area contributed by atoms with E-state index in [1.165, 1.54) is 18.9 Å². The highest BCUT2D eigenvalue weighted by atomic mass is 32.2. The topological polar surface area (TPSA) is 77.5 Å².